The van der Waals surface area contributed by atoms with Crippen LogP contribution in [0.2, 0.25) is 0 Å². The smallest absolute Gasteiger partial charge is 0.176 e. The minimum absolute atomic E-state index is 0.460. The fourth-order valence-electron chi connectivity index (χ4n) is 1.77. The number of nitrogens with zero attached hydrogens (tertiary/aromatic N) is 1. The van der Waals surface area contributed by atoms with Gasteiger partial charge in [-0.1, -0.05) is 0 Å². The molecule has 1 aliphatic rings. The molecule has 0 spiro atoms. The zero-order chi connectivity index (χ0) is 11.8. The topological polar surface area (TPSA) is 73.2 Å². The van der Waals surface area contributed by atoms with E-state index in [9.17, 15) is 0 Å². The lowest BCUT2D eigenvalue weighted by atomic mass is 10.1. The highest BCUT2D eigenvalue weighted by Gasteiger charge is 2.19. The second-order valence-corrected chi connectivity index (χ2v) is 4.45. The van der Waals surface area contributed by atoms with Gasteiger partial charge in [-0.2, -0.15) is 5.10 Å². The number of nitrogens with one attached hydrogen (secondary N) is 1. The molecule has 0 unspecified atom stereocenters. The van der Waals surface area contributed by atoms with Crippen LogP contribution < -0.4 is 15.2 Å². The first-order valence-electron chi connectivity index (χ1n) is 5.15. The Hall–Kier alpha value is -1.69. The van der Waals surface area contributed by atoms with Crippen molar-refractivity contribution in [2.75, 3.05) is 18.9 Å². The molecular formula is C11H10BrN3O2. The molecule has 0 bridgehead atoms. The monoisotopic (exact) mass is 295 g/mol. The van der Waals surface area contributed by atoms with Gasteiger partial charge >= 0.3 is 0 Å². The van der Waals surface area contributed by atoms with E-state index in [1.807, 2.05) is 12.1 Å². The van der Waals surface area contributed by atoms with Crippen LogP contribution in [0.5, 0.6) is 11.5 Å². The Morgan fingerprint density at radius 3 is 2.88 bits per heavy atom. The van der Waals surface area contributed by atoms with Crippen LogP contribution in [0.4, 0.5) is 5.82 Å². The average Bonchev–Trinajstić information content (AvgIpc) is 2.77. The van der Waals surface area contributed by atoms with Gasteiger partial charge in [-0.05, 0) is 28.1 Å². The summed E-state index contributed by atoms with van der Waals surface area (Å²) in [5.41, 5.74) is 7.37. The van der Waals surface area contributed by atoms with Crippen molar-refractivity contribution in [2.24, 2.45) is 0 Å². The quantitative estimate of drug-likeness (QED) is 0.846. The van der Waals surface area contributed by atoms with Gasteiger partial charge in [0.2, 0.25) is 0 Å². The number of ether oxygens (including phenoxy) is 2. The molecule has 2 heterocycles. The van der Waals surface area contributed by atoms with Crippen molar-refractivity contribution in [3.63, 3.8) is 0 Å². The predicted molar refractivity (Wildman–Crippen MR) is 67.1 cm³/mol. The number of rotatable bonds is 1. The molecule has 1 aromatic heterocycles. The lowest BCUT2D eigenvalue weighted by Crippen LogP contribution is -2.15. The van der Waals surface area contributed by atoms with E-state index < -0.39 is 0 Å². The summed E-state index contributed by atoms with van der Waals surface area (Å²) in [6, 6.07) is 5.59. The number of anilines is 1. The maximum absolute atomic E-state index is 5.59. The summed E-state index contributed by atoms with van der Waals surface area (Å²) in [5.74, 6) is 1.93. The van der Waals surface area contributed by atoms with Crippen molar-refractivity contribution in [3.8, 4) is 22.8 Å². The van der Waals surface area contributed by atoms with Crippen molar-refractivity contribution in [3.05, 3.63) is 22.7 Å². The third-order valence-corrected chi connectivity index (χ3v) is 3.32. The first-order valence-corrected chi connectivity index (χ1v) is 5.94. The Morgan fingerprint density at radius 2 is 2.12 bits per heavy atom. The maximum Gasteiger partial charge on any atom is 0.176 e. The molecular weight excluding hydrogens is 286 g/mol. The number of hydrogen-bond donors (Lipinski definition) is 2. The van der Waals surface area contributed by atoms with Crippen LogP contribution in [0.3, 0.4) is 0 Å². The lowest BCUT2D eigenvalue weighted by Gasteiger charge is -2.20. The molecule has 1 aromatic carbocycles. The Bertz CT molecular complexity index is 568. The molecule has 3 N–H and O–H groups in total. The number of nitrogens with two attached hydrogens (primary N) is 1. The van der Waals surface area contributed by atoms with E-state index in [0.29, 0.717) is 19.0 Å². The molecule has 0 aliphatic carbocycles. The summed E-state index contributed by atoms with van der Waals surface area (Å²) < 4.78 is 11.9. The molecule has 2 aromatic rings. The number of hydrogen-bond acceptors (Lipinski definition) is 4. The van der Waals surface area contributed by atoms with Gasteiger partial charge in [0.1, 0.15) is 19.0 Å². The Labute approximate surface area is 106 Å². The van der Waals surface area contributed by atoms with Crippen LogP contribution in [0.25, 0.3) is 11.3 Å². The van der Waals surface area contributed by atoms with Crippen molar-refractivity contribution < 1.29 is 9.47 Å². The number of nitrogen functional groups attached to an aromatic ring is 1. The van der Waals surface area contributed by atoms with Crippen molar-refractivity contribution in [1.82, 2.24) is 10.2 Å². The van der Waals surface area contributed by atoms with Crippen LogP contribution in [0.15, 0.2) is 22.7 Å². The Morgan fingerprint density at radius 1 is 1.29 bits per heavy atom. The maximum atomic E-state index is 5.59. The number of H-pyrrole nitrogens is 1. The number of benzene rings is 1. The van der Waals surface area contributed by atoms with Gasteiger partial charge in [-0.3, -0.25) is 5.10 Å². The SMILES string of the molecule is Nc1cc(-c2ccc3c(c2Br)OCCO3)[nH]n1. The third kappa shape index (κ3) is 1.74. The highest BCUT2D eigenvalue weighted by Crippen LogP contribution is 2.43. The van der Waals surface area contributed by atoms with Gasteiger partial charge in [0, 0.05) is 11.6 Å². The zero-order valence-corrected chi connectivity index (χ0v) is 10.5. The second-order valence-electron chi connectivity index (χ2n) is 3.66. The first-order chi connectivity index (χ1) is 8.25. The second kappa shape index (κ2) is 3.96. The van der Waals surface area contributed by atoms with Gasteiger partial charge < -0.3 is 15.2 Å². The number of fused-ring (bicyclic) bond motifs is 1. The van der Waals surface area contributed by atoms with Crippen LogP contribution in [0.1, 0.15) is 0 Å². The Kier molecular flexibility index (Phi) is 2.44. The molecule has 88 valence electrons. The number of aromatic amines is 1. The highest BCUT2D eigenvalue weighted by molar-refractivity contribution is 9.10. The molecule has 5 nitrogen and oxygen atoms in total. The minimum atomic E-state index is 0.460. The van der Waals surface area contributed by atoms with Crippen molar-refractivity contribution in [2.45, 2.75) is 0 Å². The Balaban J connectivity index is 2.12. The highest BCUT2D eigenvalue weighted by atomic mass is 79.9. The normalized spacial score (nSPS) is 13.7. The third-order valence-electron chi connectivity index (χ3n) is 2.54. The summed E-state index contributed by atoms with van der Waals surface area (Å²) in [7, 11) is 0. The fraction of sp³-hybridized carbons (Fsp3) is 0.182. The van der Waals surface area contributed by atoms with Crippen LogP contribution in [-0.2, 0) is 0 Å². The summed E-state index contributed by atoms with van der Waals surface area (Å²) in [6.45, 7) is 1.13. The standard InChI is InChI=1S/C11H10BrN3O2/c12-10-6(7-5-9(13)15-14-7)1-2-8-11(10)17-4-3-16-8/h1-2,5H,3-4H2,(H3,13,14,15). The van der Waals surface area contributed by atoms with Crippen LogP contribution in [0, 0.1) is 0 Å². The van der Waals surface area contributed by atoms with Crippen LogP contribution >= 0.6 is 15.9 Å². The summed E-state index contributed by atoms with van der Waals surface area (Å²) in [6.07, 6.45) is 0. The molecule has 0 atom stereocenters. The number of aromatic nitrogens is 2. The van der Waals surface area contributed by atoms with Gasteiger partial charge in [0.25, 0.3) is 0 Å². The van der Waals surface area contributed by atoms with Gasteiger partial charge in [-0.15, -0.1) is 0 Å². The van der Waals surface area contributed by atoms with E-state index in [-0.39, 0.29) is 0 Å². The lowest BCUT2D eigenvalue weighted by molar-refractivity contribution is 0.170. The zero-order valence-electron chi connectivity index (χ0n) is 8.87. The average molecular weight is 296 g/mol. The van der Waals surface area contributed by atoms with E-state index in [2.05, 4.69) is 26.1 Å². The first kappa shape index (κ1) is 10.5. The fourth-order valence-corrected chi connectivity index (χ4v) is 2.42. The molecule has 0 fully saturated rings. The van der Waals surface area contributed by atoms with Gasteiger partial charge in [-0.25, -0.2) is 0 Å². The summed E-state index contributed by atoms with van der Waals surface area (Å²) in [4.78, 5) is 0. The minimum Gasteiger partial charge on any atom is -0.486 e. The van der Waals surface area contributed by atoms with E-state index in [1.165, 1.54) is 0 Å². The predicted octanol–water partition coefficient (Wildman–Crippen LogP) is 2.19. The van der Waals surface area contributed by atoms with E-state index in [1.54, 1.807) is 6.07 Å². The van der Waals surface area contributed by atoms with Gasteiger partial charge in [0.15, 0.2) is 11.5 Å². The largest absolute Gasteiger partial charge is 0.486 e. The summed E-state index contributed by atoms with van der Waals surface area (Å²) >= 11 is 3.52. The van der Waals surface area contributed by atoms with Crippen LogP contribution in [-0.4, -0.2) is 23.4 Å². The number of halogens is 1. The van der Waals surface area contributed by atoms with E-state index in [4.69, 9.17) is 15.2 Å². The molecule has 17 heavy (non-hydrogen) atoms. The van der Waals surface area contributed by atoms with E-state index in [0.717, 1.165) is 27.2 Å². The van der Waals surface area contributed by atoms with Crippen molar-refractivity contribution >= 4 is 21.7 Å². The van der Waals surface area contributed by atoms with Crippen molar-refractivity contribution in [1.29, 1.82) is 0 Å². The molecule has 0 amide bonds. The van der Waals surface area contributed by atoms with E-state index >= 15 is 0 Å². The van der Waals surface area contributed by atoms with Gasteiger partial charge in [0.05, 0.1) is 10.2 Å². The molecule has 0 saturated heterocycles. The molecule has 3 rings (SSSR count). The molecule has 1 aliphatic heterocycles. The molecule has 6 heteroatoms. The molecule has 0 saturated carbocycles. The summed E-state index contributed by atoms with van der Waals surface area (Å²) in [5, 5.41) is 6.77. The molecule has 0 radical (unpaired) electrons.